The van der Waals surface area contributed by atoms with Crippen LogP contribution in [-0.2, 0) is 0 Å². The minimum absolute atomic E-state index is 0.592. The topological polar surface area (TPSA) is 73.8 Å². The molecular formula is C9H8N4O. The summed E-state index contributed by atoms with van der Waals surface area (Å²) >= 11 is 0. The van der Waals surface area contributed by atoms with Gasteiger partial charge in [0.15, 0.2) is 0 Å². The summed E-state index contributed by atoms with van der Waals surface area (Å²) in [6, 6.07) is 3.08. The third kappa shape index (κ3) is 1.47. The molecular weight excluding hydrogens is 180 g/mol. The van der Waals surface area contributed by atoms with Crippen LogP contribution in [0.3, 0.4) is 0 Å². The van der Waals surface area contributed by atoms with Crippen LogP contribution in [0.1, 0.15) is 0 Å². The molecule has 2 N–H and O–H groups in total. The number of nitrogens with two attached hydrogens (primary N) is 1. The monoisotopic (exact) mass is 188 g/mol. The van der Waals surface area contributed by atoms with Crippen LogP contribution in [0.5, 0.6) is 0 Å². The Balaban J connectivity index is 2.39. The van der Waals surface area contributed by atoms with Crippen molar-refractivity contribution in [2.45, 2.75) is 0 Å². The summed E-state index contributed by atoms with van der Waals surface area (Å²) in [7, 11) is 0. The first-order chi connectivity index (χ1) is 6.77. The molecule has 0 atom stereocenters. The molecule has 0 spiro atoms. The number of hydrogen-bond acceptors (Lipinski definition) is 3. The molecule has 0 aliphatic carbocycles. The van der Waals surface area contributed by atoms with Gasteiger partial charge in [0.25, 0.3) is 0 Å². The Morgan fingerprint density at radius 3 is 2.57 bits per heavy atom. The van der Waals surface area contributed by atoms with Gasteiger partial charge >= 0.3 is 6.03 Å². The van der Waals surface area contributed by atoms with Gasteiger partial charge in [0.2, 0.25) is 0 Å². The predicted molar refractivity (Wildman–Crippen MR) is 50.4 cm³/mol. The van der Waals surface area contributed by atoms with E-state index in [0.29, 0.717) is 0 Å². The van der Waals surface area contributed by atoms with Crippen molar-refractivity contribution in [1.29, 1.82) is 0 Å². The first kappa shape index (κ1) is 8.43. The van der Waals surface area contributed by atoms with Crippen LogP contribution in [0.25, 0.3) is 11.1 Å². The first-order valence-corrected chi connectivity index (χ1v) is 4.02. The van der Waals surface area contributed by atoms with Crippen LogP contribution in [-0.4, -0.2) is 20.8 Å². The molecule has 0 radical (unpaired) electrons. The Morgan fingerprint density at radius 2 is 2.00 bits per heavy atom. The second-order valence-electron chi connectivity index (χ2n) is 2.75. The normalized spacial score (nSPS) is 10.0. The van der Waals surface area contributed by atoms with Gasteiger partial charge in [-0.1, -0.05) is 0 Å². The van der Waals surface area contributed by atoms with Crippen molar-refractivity contribution in [3.05, 3.63) is 36.9 Å². The number of hydrogen-bond donors (Lipinski definition) is 1. The first-order valence-electron chi connectivity index (χ1n) is 4.02. The third-order valence-corrected chi connectivity index (χ3v) is 1.82. The molecule has 0 aromatic carbocycles. The van der Waals surface area contributed by atoms with Gasteiger partial charge in [-0.2, -0.15) is 9.78 Å². The minimum atomic E-state index is -0.592. The molecule has 70 valence electrons. The van der Waals surface area contributed by atoms with E-state index in [1.54, 1.807) is 24.8 Å². The van der Waals surface area contributed by atoms with E-state index in [0.717, 1.165) is 15.8 Å². The van der Waals surface area contributed by atoms with Gasteiger partial charge < -0.3 is 5.73 Å². The maximum Gasteiger partial charge on any atom is 0.339 e. The summed E-state index contributed by atoms with van der Waals surface area (Å²) in [5, 5.41) is 3.81. The van der Waals surface area contributed by atoms with E-state index in [4.69, 9.17) is 5.73 Å². The molecule has 0 bridgehead atoms. The summed E-state index contributed by atoms with van der Waals surface area (Å²) in [4.78, 5) is 14.6. The minimum Gasteiger partial charge on any atom is -0.350 e. The van der Waals surface area contributed by atoms with E-state index in [1.807, 2.05) is 12.1 Å². The standard InChI is InChI=1S/C9H8N4O/c10-9(14)13-6-8(5-12-13)7-1-3-11-4-2-7/h1-6H,(H2,10,14). The van der Waals surface area contributed by atoms with E-state index in [-0.39, 0.29) is 0 Å². The lowest BCUT2D eigenvalue weighted by molar-refractivity contribution is 0.247. The van der Waals surface area contributed by atoms with E-state index < -0.39 is 6.03 Å². The van der Waals surface area contributed by atoms with Gasteiger partial charge in [0.1, 0.15) is 0 Å². The lowest BCUT2D eigenvalue weighted by Crippen LogP contribution is -2.19. The molecule has 2 rings (SSSR count). The molecule has 0 saturated carbocycles. The van der Waals surface area contributed by atoms with Crippen LogP contribution in [0.2, 0.25) is 0 Å². The van der Waals surface area contributed by atoms with Crippen molar-refractivity contribution in [2.75, 3.05) is 0 Å². The second kappa shape index (κ2) is 3.29. The van der Waals surface area contributed by atoms with Crippen molar-refractivity contribution in [3.8, 4) is 11.1 Å². The van der Waals surface area contributed by atoms with Crippen molar-refractivity contribution in [3.63, 3.8) is 0 Å². The van der Waals surface area contributed by atoms with Crippen molar-refractivity contribution in [1.82, 2.24) is 14.8 Å². The largest absolute Gasteiger partial charge is 0.350 e. The summed E-state index contributed by atoms with van der Waals surface area (Å²) in [5.41, 5.74) is 6.84. The van der Waals surface area contributed by atoms with E-state index in [1.165, 1.54) is 0 Å². The SMILES string of the molecule is NC(=O)n1cc(-c2ccncc2)cn1. The average molecular weight is 188 g/mol. The highest BCUT2D eigenvalue weighted by Gasteiger charge is 2.03. The van der Waals surface area contributed by atoms with E-state index in [2.05, 4.69) is 10.1 Å². The molecule has 0 fully saturated rings. The van der Waals surface area contributed by atoms with E-state index in [9.17, 15) is 4.79 Å². The third-order valence-electron chi connectivity index (χ3n) is 1.82. The summed E-state index contributed by atoms with van der Waals surface area (Å²) in [6.45, 7) is 0. The van der Waals surface area contributed by atoms with Crippen molar-refractivity contribution in [2.24, 2.45) is 5.73 Å². The molecule has 0 unspecified atom stereocenters. The lowest BCUT2D eigenvalue weighted by Gasteiger charge is -1.93. The number of amides is 1. The number of pyridine rings is 1. The molecule has 2 heterocycles. The maximum atomic E-state index is 10.8. The Morgan fingerprint density at radius 1 is 1.29 bits per heavy atom. The summed E-state index contributed by atoms with van der Waals surface area (Å²) in [5.74, 6) is 0. The molecule has 14 heavy (non-hydrogen) atoms. The lowest BCUT2D eigenvalue weighted by atomic mass is 10.1. The molecule has 0 aliphatic rings. The number of primary amides is 1. The predicted octanol–water partition coefficient (Wildman–Crippen LogP) is 0.872. The van der Waals surface area contributed by atoms with Gasteiger partial charge in [-0.3, -0.25) is 4.98 Å². The van der Waals surface area contributed by atoms with Gasteiger partial charge in [0.05, 0.1) is 6.20 Å². The maximum absolute atomic E-state index is 10.8. The summed E-state index contributed by atoms with van der Waals surface area (Å²) in [6.07, 6.45) is 6.52. The van der Waals surface area contributed by atoms with Gasteiger partial charge in [0, 0.05) is 24.2 Å². The van der Waals surface area contributed by atoms with E-state index >= 15 is 0 Å². The molecule has 0 aliphatic heterocycles. The fourth-order valence-electron chi connectivity index (χ4n) is 1.14. The molecule has 5 heteroatoms. The zero-order valence-electron chi connectivity index (χ0n) is 7.29. The number of nitrogens with zero attached hydrogens (tertiary/aromatic N) is 3. The Bertz CT molecular complexity index is 449. The fourth-order valence-corrected chi connectivity index (χ4v) is 1.14. The van der Waals surface area contributed by atoms with Gasteiger partial charge in [-0.05, 0) is 17.7 Å². The van der Waals surface area contributed by atoms with Crippen LogP contribution >= 0.6 is 0 Å². The van der Waals surface area contributed by atoms with Crippen molar-refractivity contribution < 1.29 is 4.79 Å². The smallest absolute Gasteiger partial charge is 0.339 e. The molecule has 2 aromatic heterocycles. The fraction of sp³-hybridized carbons (Fsp3) is 0. The molecule has 5 nitrogen and oxygen atoms in total. The quantitative estimate of drug-likeness (QED) is 0.721. The zero-order chi connectivity index (χ0) is 9.97. The Kier molecular flexibility index (Phi) is 1.98. The highest BCUT2D eigenvalue weighted by Crippen LogP contribution is 2.16. The van der Waals surface area contributed by atoms with Crippen LogP contribution in [0.15, 0.2) is 36.9 Å². The number of carbonyl (C=O) groups excluding carboxylic acids is 1. The Labute approximate surface area is 80.2 Å². The van der Waals surface area contributed by atoms with Crippen molar-refractivity contribution >= 4 is 6.03 Å². The van der Waals surface area contributed by atoms with Crippen LogP contribution in [0.4, 0.5) is 4.79 Å². The average Bonchev–Trinajstić information content (AvgIpc) is 2.68. The molecule has 0 saturated heterocycles. The Hall–Kier alpha value is -2.17. The number of carbonyl (C=O) groups is 1. The molecule has 2 aromatic rings. The number of rotatable bonds is 1. The van der Waals surface area contributed by atoms with Gasteiger partial charge in [-0.15, -0.1) is 0 Å². The van der Waals surface area contributed by atoms with Gasteiger partial charge in [-0.25, -0.2) is 4.79 Å². The molecule has 1 amide bonds. The number of aromatic nitrogens is 3. The van der Waals surface area contributed by atoms with Crippen LogP contribution in [0, 0.1) is 0 Å². The zero-order valence-corrected chi connectivity index (χ0v) is 7.29. The second-order valence-corrected chi connectivity index (χ2v) is 2.75. The highest BCUT2D eigenvalue weighted by molar-refractivity contribution is 5.75. The highest BCUT2D eigenvalue weighted by atomic mass is 16.2. The summed E-state index contributed by atoms with van der Waals surface area (Å²) < 4.78 is 1.09. The van der Waals surface area contributed by atoms with Crippen LogP contribution < -0.4 is 5.73 Å².